The number of nitrogens with two attached hydrogens (primary N) is 1. The normalized spacial score (nSPS) is 14.7. The van der Waals surface area contributed by atoms with Crippen LogP contribution in [-0.2, 0) is 11.3 Å². The van der Waals surface area contributed by atoms with Crippen LogP contribution in [0, 0.1) is 6.92 Å². The van der Waals surface area contributed by atoms with E-state index in [1.807, 2.05) is 5.32 Å². The van der Waals surface area contributed by atoms with Gasteiger partial charge in [-0.2, -0.15) is 13.2 Å². The fraction of sp³-hybridized carbons (Fsp3) is 0.500. The summed E-state index contributed by atoms with van der Waals surface area (Å²) in [5, 5.41) is 11.0. The molecule has 112 valence electrons. The number of carboxylic acid groups (broad SMARTS) is 1. The molecule has 0 bridgehead atoms. The maximum atomic E-state index is 12.5. The largest absolute Gasteiger partial charge is 0.477 e. The van der Waals surface area contributed by atoms with Crippen molar-refractivity contribution in [3.63, 3.8) is 0 Å². The number of hydrogen-bond acceptors (Lipinski definition) is 5. The quantitative estimate of drug-likeness (QED) is 0.770. The molecule has 0 aromatic carbocycles. The van der Waals surface area contributed by atoms with Gasteiger partial charge >= 0.3 is 12.1 Å². The number of hydrogen-bond donors (Lipinski definition) is 3. The third-order valence-electron chi connectivity index (χ3n) is 2.50. The number of nitrogens with zero attached hydrogens (tertiary/aromatic N) is 1. The van der Waals surface area contributed by atoms with Crippen molar-refractivity contribution in [2.75, 3.05) is 0 Å². The summed E-state index contributed by atoms with van der Waals surface area (Å²) in [4.78, 5) is 26.0. The predicted octanol–water partition coefficient (Wildman–Crippen LogP) is 1.05. The number of amides is 1. The highest BCUT2D eigenvalue weighted by Crippen LogP contribution is 2.28. The van der Waals surface area contributed by atoms with Crippen LogP contribution in [0.3, 0.4) is 0 Å². The van der Waals surface area contributed by atoms with Crippen LogP contribution in [0.4, 0.5) is 13.2 Å². The average Bonchev–Trinajstić information content (AvgIpc) is 2.65. The number of aromatic nitrogens is 1. The van der Waals surface area contributed by atoms with Gasteiger partial charge in [-0.15, -0.1) is 11.3 Å². The number of carboxylic acids is 1. The van der Waals surface area contributed by atoms with Gasteiger partial charge in [0.25, 0.3) is 0 Å². The molecular weight excluding hydrogens is 299 g/mol. The minimum atomic E-state index is -4.89. The van der Waals surface area contributed by atoms with Gasteiger partial charge in [-0.05, 0) is 13.8 Å². The lowest BCUT2D eigenvalue weighted by molar-refractivity contribution is -0.187. The van der Waals surface area contributed by atoms with Crippen LogP contribution < -0.4 is 11.1 Å². The molecule has 10 heteroatoms. The number of nitrogens with one attached hydrogen (secondary N) is 1. The lowest BCUT2D eigenvalue weighted by atomic mass is 10.0. The molecule has 1 atom stereocenters. The SMILES string of the molecule is Cc1nc(CNC(=O)C(C)(N)C(F)(F)F)sc1C(=O)O. The van der Waals surface area contributed by atoms with E-state index in [0.29, 0.717) is 6.92 Å². The molecule has 0 saturated heterocycles. The number of alkyl halides is 3. The van der Waals surface area contributed by atoms with Gasteiger partial charge in [0.15, 0.2) is 5.54 Å². The molecule has 20 heavy (non-hydrogen) atoms. The Hall–Kier alpha value is -1.68. The van der Waals surface area contributed by atoms with E-state index in [1.165, 1.54) is 6.92 Å². The third-order valence-corrected chi connectivity index (χ3v) is 3.64. The maximum Gasteiger partial charge on any atom is 0.415 e. The summed E-state index contributed by atoms with van der Waals surface area (Å²) in [7, 11) is 0. The Morgan fingerprint density at radius 1 is 1.45 bits per heavy atom. The summed E-state index contributed by atoms with van der Waals surface area (Å²) < 4.78 is 37.5. The molecule has 4 N–H and O–H groups in total. The van der Waals surface area contributed by atoms with E-state index in [0.717, 1.165) is 11.3 Å². The van der Waals surface area contributed by atoms with Crippen LogP contribution in [0.5, 0.6) is 0 Å². The molecular formula is C10H12F3N3O3S. The summed E-state index contributed by atoms with van der Waals surface area (Å²) in [6, 6.07) is 0. The number of carbonyl (C=O) groups excluding carboxylic acids is 1. The van der Waals surface area contributed by atoms with E-state index in [-0.39, 0.29) is 22.1 Å². The van der Waals surface area contributed by atoms with Crippen LogP contribution in [-0.4, -0.2) is 33.7 Å². The molecule has 0 aliphatic carbocycles. The molecule has 1 unspecified atom stereocenters. The Labute approximate surface area is 115 Å². The average molecular weight is 311 g/mol. The van der Waals surface area contributed by atoms with E-state index in [1.54, 1.807) is 0 Å². The Balaban J connectivity index is 2.76. The van der Waals surface area contributed by atoms with Crippen LogP contribution in [0.15, 0.2) is 0 Å². The second-order valence-corrected chi connectivity index (χ2v) is 5.29. The first-order valence-electron chi connectivity index (χ1n) is 5.30. The summed E-state index contributed by atoms with van der Waals surface area (Å²) in [6.45, 7) is 1.69. The second-order valence-electron chi connectivity index (χ2n) is 4.21. The highest BCUT2D eigenvalue weighted by molar-refractivity contribution is 7.13. The van der Waals surface area contributed by atoms with Crippen LogP contribution in [0.1, 0.15) is 27.3 Å². The van der Waals surface area contributed by atoms with E-state index in [2.05, 4.69) is 4.98 Å². The molecule has 6 nitrogen and oxygen atoms in total. The second kappa shape index (κ2) is 5.37. The molecule has 1 amide bonds. The van der Waals surface area contributed by atoms with E-state index >= 15 is 0 Å². The topological polar surface area (TPSA) is 105 Å². The minimum absolute atomic E-state index is 0.0272. The number of aryl methyl sites for hydroxylation is 1. The van der Waals surface area contributed by atoms with Crippen molar-refractivity contribution in [2.24, 2.45) is 5.73 Å². The number of carbonyl (C=O) groups is 2. The zero-order valence-corrected chi connectivity index (χ0v) is 11.4. The van der Waals surface area contributed by atoms with Crippen molar-refractivity contribution in [3.8, 4) is 0 Å². The van der Waals surface area contributed by atoms with Crippen LogP contribution in [0.25, 0.3) is 0 Å². The summed E-state index contributed by atoms with van der Waals surface area (Å²) in [6.07, 6.45) is -4.89. The van der Waals surface area contributed by atoms with Crippen LogP contribution >= 0.6 is 11.3 Å². The van der Waals surface area contributed by atoms with Crippen molar-refractivity contribution in [2.45, 2.75) is 32.1 Å². The van der Waals surface area contributed by atoms with E-state index < -0.39 is 23.6 Å². The van der Waals surface area contributed by atoms with Gasteiger partial charge in [-0.1, -0.05) is 0 Å². The van der Waals surface area contributed by atoms with Crippen molar-refractivity contribution in [1.29, 1.82) is 0 Å². The number of halogens is 3. The number of rotatable bonds is 4. The number of aromatic carboxylic acids is 1. The van der Waals surface area contributed by atoms with Gasteiger partial charge in [-0.25, -0.2) is 9.78 Å². The van der Waals surface area contributed by atoms with Gasteiger partial charge in [0.1, 0.15) is 9.88 Å². The van der Waals surface area contributed by atoms with Crippen LogP contribution in [0.2, 0.25) is 0 Å². The highest BCUT2D eigenvalue weighted by atomic mass is 32.1. The molecule has 0 saturated carbocycles. The smallest absolute Gasteiger partial charge is 0.415 e. The van der Waals surface area contributed by atoms with Crippen molar-refractivity contribution in [3.05, 3.63) is 15.6 Å². The fourth-order valence-electron chi connectivity index (χ4n) is 1.19. The Bertz CT molecular complexity index is 540. The fourth-order valence-corrected chi connectivity index (χ4v) is 2.04. The zero-order valence-electron chi connectivity index (χ0n) is 10.5. The summed E-state index contributed by atoms with van der Waals surface area (Å²) in [5.41, 5.74) is 2.15. The molecule has 1 rings (SSSR count). The van der Waals surface area contributed by atoms with Gasteiger partial charge in [0.05, 0.1) is 12.2 Å². The predicted molar refractivity (Wildman–Crippen MR) is 64.3 cm³/mol. The Kier molecular flexibility index (Phi) is 4.39. The summed E-state index contributed by atoms with van der Waals surface area (Å²) in [5.74, 6) is -2.59. The minimum Gasteiger partial charge on any atom is -0.477 e. The molecule has 0 aliphatic rings. The van der Waals surface area contributed by atoms with Crippen molar-refractivity contribution in [1.82, 2.24) is 10.3 Å². The molecule has 1 heterocycles. The standard InChI is InChI=1S/C10H12F3N3O3S/c1-4-6(7(17)18)20-5(16-4)3-15-8(19)9(2,14)10(11,12)13/h3,14H2,1-2H3,(H,15,19)(H,17,18). The molecule has 1 aromatic heterocycles. The molecule has 0 spiro atoms. The van der Waals surface area contributed by atoms with Gasteiger partial charge < -0.3 is 16.2 Å². The van der Waals surface area contributed by atoms with Gasteiger partial charge in [-0.3, -0.25) is 4.79 Å². The Morgan fingerprint density at radius 2 is 2.00 bits per heavy atom. The summed E-state index contributed by atoms with van der Waals surface area (Å²) >= 11 is 0.780. The first-order valence-corrected chi connectivity index (χ1v) is 6.12. The zero-order chi connectivity index (χ0) is 15.7. The number of thiazole rings is 1. The first kappa shape index (κ1) is 16.4. The molecule has 0 aliphatic heterocycles. The third kappa shape index (κ3) is 3.25. The molecule has 0 fully saturated rings. The van der Waals surface area contributed by atoms with Gasteiger partial charge in [0, 0.05) is 0 Å². The van der Waals surface area contributed by atoms with E-state index in [9.17, 15) is 22.8 Å². The molecule has 0 radical (unpaired) electrons. The van der Waals surface area contributed by atoms with E-state index in [4.69, 9.17) is 10.8 Å². The first-order chi connectivity index (χ1) is 8.96. The van der Waals surface area contributed by atoms with Crippen molar-refractivity contribution < 1.29 is 27.9 Å². The molecule has 1 aromatic rings. The van der Waals surface area contributed by atoms with Crippen molar-refractivity contribution >= 4 is 23.2 Å². The lowest BCUT2D eigenvalue weighted by Gasteiger charge is -2.25. The Morgan fingerprint density at radius 3 is 2.40 bits per heavy atom. The highest BCUT2D eigenvalue weighted by Gasteiger charge is 2.53. The maximum absolute atomic E-state index is 12.5. The lowest BCUT2D eigenvalue weighted by Crippen LogP contribution is -2.61. The van der Waals surface area contributed by atoms with Gasteiger partial charge in [0.2, 0.25) is 5.91 Å². The monoisotopic (exact) mass is 311 g/mol.